The zero-order valence-corrected chi connectivity index (χ0v) is 47.4. The molecule has 6 aromatic carbocycles. The molecule has 0 bridgehead atoms. The van der Waals surface area contributed by atoms with Crippen LogP contribution in [0.25, 0.3) is 18.2 Å². The maximum absolute atomic E-state index is 9.81. The smallest absolute Gasteiger partial charge is 0.177 e. The Kier molecular flexibility index (Phi) is 22.1. The highest BCUT2D eigenvalue weighted by Gasteiger charge is 2.15. The third-order valence-corrected chi connectivity index (χ3v) is 14.9. The fraction of sp³-hybridized carbons (Fsp3) is 0.135. The first-order chi connectivity index (χ1) is 34.7. The number of phenols is 12. The molecule has 15 N–H and O–H groups in total. The van der Waals surface area contributed by atoms with Crippen LogP contribution in [-0.4, -0.2) is 76.2 Å². The molecule has 0 aromatic heterocycles. The lowest BCUT2D eigenvalue weighted by Gasteiger charge is -2.16. The molecular formula is C52H49Br3ClN3O12S3. The van der Waals surface area contributed by atoms with Gasteiger partial charge in [0.15, 0.2) is 34.5 Å². The third kappa shape index (κ3) is 16.5. The van der Waals surface area contributed by atoms with Gasteiger partial charge < -0.3 is 77.2 Å². The predicted octanol–water partition coefficient (Wildman–Crippen LogP) is 12.3. The van der Waals surface area contributed by atoms with Gasteiger partial charge in [-0.05, 0) is 194 Å². The molecule has 0 aliphatic rings. The highest BCUT2D eigenvalue weighted by atomic mass is 79.9. The molecule has 22 heteroatoms. The number of aromatic hydroxyl groups is 12. The van der Waals surface area contributed by atoms with Gasteiger partial charge in [0.1, 0.15) is 34.5 Å². The van der Waals surface area contributed by atoms with Crippen LogP contribution in [0.5, 0.6) is 69.0 Å². The lowest BCUT2D eigenvalue weighted by Crippen LogP contribution is -2.23. The van der Waals surface area contributed by atoms with Crippen LogP contribution in [0.1, 0.15) is 63.0 Å². The van der Waals surface area contributed by atoms with Crippen molar-refractivity contribution in [1.29, 1.82) is 0 Å². The normalized spacial score (nSPS) is 11.4. The van der Waals surface area contributed by atoms with Crippen molar-refractivity contribution in [1.82, 2.24) is 16.0 Å². The third-order valence-electron chi connectivity index (χ3n) is 10.7. The van der Waals surface area contributed by atoms with E-state index >= 15 is 0 Å². The highest BCUT2D eigenvalue weighted by Crippen LogP contribution is 2.42. The van der Waals surface area contributed by atoms with Gasteiger partial charge in [-0.15, -0.1) is 0 Å². The van der Waals surface area contributed by atoms with Crippen LogP contribution in [0.2, 0.25) is 5.02 Å². The monoisotopic (exact) mass is 1270 g/mol. The Morgan fingerprint density at radius 3 is 1.32 bits per heavy atom. The molecule has 0 fully saturated rings. The van der Waals surface area contributed by atoms with Crippen LogP contribution in [-0.2, 0) is 13.1 Å². The minimum Gasteiger partial charge on any atom is -0.508 e. The summed E-state index contributed by atoms with van der Waals surface area (Å²) in [4.78, 5) is 1.26. The Balaban J connectivity index is 0.000000240. The lowest BCUT2D eigenvalue weighted by atomic mass is 10.0. The minimum atomic E-state index is -0.386. The number of benzene rings is 6. The summed E-state index contributed by atoms with van der Waals surface area (Å²) >= 11 is 31.3. The molecule has 74 heavy (non-hydrogen) atoms. The van der Waals surface area contributed by atoms with Crippen molar-refractivity contribution in [3.05, 3.63) is 153 Å². The van der Waals surface area contributed by atoms with Gasteiger partial charge in [0.2, 0.25) is 0 Å². The number of hydrogen-bond acceptors (Lipinski definition) is 15. The van der Waals surface area contributed by atoms with E-state index in [4.69, 9.17) is 48.3 Å². The fourth-order valence-electron chi connectivity index (χ4n) is 6.12. The Morgan fingerprint density at radius 1 is 0.473 bits per heavy atom. The van der Waals surface area contributed by atoms with Crippen molar-refractivity contribution in [2.24, 2.45) is 0 Å². The average molecular weight is 1280 g/mol. The van der Waals surface area contributed by atoms with Crippen LogP contribution < -0.4 is 16.0 Å². The SMILES string of the molecule is Cc1c(O)cc(C(C)NC(=S)/C=C/c2ccc(O)c(O)c2Br)cc1O.Cc1c(O)cc(CNC(=S)/C=C/c2cc(O)c(O)c(Br)c2Br)cc1O.Cc1c(O)cc(CNC(=S)/C=C/c2ccc(O)c(O)c2Cl)cc1O. The highest BCUT2D eigenvalue weighted by molar-refractivity contribution is 9.13. The van der Waals surface area contributed by atoms with Crippen molar-refractivity contribution in [3.63, 3.8) is 0 Å². The Labute approximate surface area is 472 Å². The number of hydrogen-bond donors (Lipinski definition) is 15. The summed E-state index contributed by atoms with van der Waals surface area (Å²) in [7, 11) is 0. The van der Waals surface area contributed by atoms with Crippen molar-refractivity contribution >= 4 is 129 Å². The van der Waals surface area contributed by atoms with Gasteiger partial charge in [-0.25, -0.2) is 0 Å². The molecule has 0 radical (unpaired) electrons. The van der Waals surface area contributed by atoms with Gasteiger partial charge in [-0.2, -0.15) is 0 Å². The van der Waals surface area contributed by atoms with E-state index in [1.54, 1.807) is 106 Å². The van der Waals surface area contributed by atoms with Gasteiger partial charge in [0.05, 0.1) is 28.9 Å². The zero-order chi connectivity index (χ0) is 55.3. The molecule has 0 amide bonds. The van der Waals surface area contributed by atoms with E-state index in [2.05, 4.69) is 63.7 Å². The predicted molar refractivity (Wildman–Crippen MR) is 311 cm³/mol. The first-order valence-electron chi connectivity index (χ1n) is 21.5. The lowest BCUT2D eigenvalue weighted by molar-refractivity contribution is 0.401. The minimum absolute atomic E-state index is 0.0135. The molecule has 0 spiro atoms. The van der Waals surface area contributed by atoms with Crippen molar-refractivity contribution < 1.29 is 61.3 Å². The molecule has 0 saturated heterocycles. The van der Waals surface area contributed by atoms with Crippen LogP contribution in [0.3, 0.4) is 0 Å². The van der Waals surface area contributed by atoms with E-state index in [1.165, 1.54) is 18.2 Å². The summed E-state index contributed by atoms with van der Waals surface area (Å²) < 4.78 is 1.29. The number of halogens is 4. The maximum Gasteiger partial charge on any atom is 0.177 e. The summed E-state index contributed by atoms with van der Waals surface area (Å²) in [5.74, 6) is -1.51. The number of rotatable bonds is 12. The second-order valence-corrected chi connectivity index (χ2v) is 20.1. The second kappa shape index (κ2) is 27.2. The molecule has 6 rings (SSSR count). The van der Waals surface area contributed by atoms with E-state index in [0.717, 1.165) is 0 Å². The second-order valence-electron chi connectivity index (χ2n) is 16.0. The van der Waals surface area contributed by atoms with Gasteiger partial charge >= 0.3 is 0 Å². The molecule has 0 aliphatic carbocycles. The standard InChI is InChI=1S/C18H18BrNO4S.C17H15Br2NO4S.C17H16ClNO4S/c1-9-14(22)7-12(8-15(9)23)10(2)20-16(25)6-4-11-3-5-13(21)18(24)17(11)19;1-8-11(21)4-9(5-12(8)22)7-20-14(25)3-2-10-6-13(23)17(24)16(19)15(10)18;1-9-13(21)6-10(7-14(9)22)8-19-15(24)5-3-11-2-4-12(20)17(23)16(11)18/h3-8,10,21-24H,1-2H3,(H,20,25);2-6,21-24H,7H2,1H3,(H,20,25);2-7,20-23H,8H2,1H3,(H,19,24)/b6-4+;3-2+;5-3+. The summed E-state index contributed by atoms with van der Waals surface area (Å²) in [6, 6.07) is 16.4. The van der Waals surface area contributed by atoms with E-state index in [1.807, 2.05) is 6.92 Å². The molecule has 0 saturated carbocycles. The fourth-order valence-corrected chi connectivity index (χ4v) is 8.20. The molecule has 390 valence electrons. The zero-order valence-electron chi connectivity index (χ0n) is 39.4. The number of thiocarbonyl (C=S) groups is 3. The molecule has 1 unspecified atom stereocenters. The van der Waals surface area contributed by atoms with Gasteiger partial charge in [0.25, 0.3) is 0 Å². The molecular weight excluding hydrogens is 1230 g/mol. The van der Waals surface area contributed by atoms with Crippen LogP contribution in [0, 0.1) is 20.8 Å². The van der Waals surface area contributed by atoms with E-state index < -0.39 is 0 Å². The van der Waals surface area contributed by atoms with Gasteiger partial charge in [-0.1, -0.05) is 66.5 Å². The maximum atomic E-state index is 9.81. The first kappa shape index (κ1) is 60.1. The first-order valence-corrected chi connectivity index (χ1v) is 25.4. The van der Waals surface area contributed by atoms with Crippen LogP contribution in [0.4, 0.5) is 0 Å². The summed E-state index contributed by atoms with van der Waals surface area (Å²) in [6.45, 7) is 7.37. The topological polar surface area (TPSA) is 279 Å². The van der Waals surface area contributed by atoms with E-state index in [-0.39, 0.29) is 80.1 Å². The summed E-state index contributed by atoms with van der Waals surface area (Å²) in [5.41, 5.74) is 5.10. The van der Waals surface area contributed by atoms with Gasteiger partial charge in [-0.3, -0.25) is 0 Å². The van der Waals surface area contributed by atoms with Crippen molar-refractivity contribution in [2.45, 2.75) is 46.8 Å². The van der Waals surface area contributed by atoms with Gasteiger partial charge in [0, 0.05) is 40.3 Å². The quantitative estimate of drug-likeness (QED) is 0.0308. The number of phenolic OH excluding ortho intramolecular Hbond substituents is 12. The van der Waals surface area contributed by atoms with E-state index in [9.17, 15) is 61.3 Å². The molecule has 0 heterocycles. The largest absolute Gasteiger partial charge is 0.508 e. The number of nitrogens with one attached hydrogen (secondary N) is 3. The van der Waals surface area contributed by atoms with E-state index in [0.29, 0.717) is 91.5 Å². The Bertz CT molecular complexity index is 3140. The van der Waals surface area contributed by atoms with Crippen LogP contribution >= 0.6 is 96.0 Å². The summed E-state index contributed by atoms with van der Waals surface area (Å²) in [5, 5.41) is 125. The molecule has 15 nitrogen and oxygen atoms in total. The summed E-state index contributed by atoms with van der Waals surface area (Å²) in [6.07, 6.45) is 9.83. The molecule has 0 aliphatic heterocycles. The van der Waals surface area contributed by atoms with Crippen molar-refractivity contribution in [2.75, 3.05) is 0 Å². The average Bonchev–Trinajstić information content (AvgIpc) is 3.35. The van der Waals surface area contributed by atoms with Crippen molar-refractivity contribution in [3.8, 4) is 69.0 Å². The van der Waals surface area contributed by atoms with Crippen LogP contribution in [0.15, 0.2) is 98.4 Å². The molecule has 6 aromatic rings. The Morgan fingerprint density at radius 2 is 0.851 bits per heavy atom. The molecule has 1 atom stereocenters. The Hall–Kier alpha value is -6.46.